The molecular weight excluding hydrogens is 250 g/mol. The van der Waals surface area contributed by atoms with Crippen molar-refractivity contribution < 1.29 is 8.42 Å². The SMILES string of the molecule is NC1=C(CN2CCc3ccccc32)C=NS1(=O)=O. The summed E-state index contributed by atoms with van der Waals surface area (Å²) >= 11 is 0. The second-order valence-electron chi connectivity index (χ2n) is 4.40. The number of hydrogen-bond acceptors (Lipinski definition) is 4. The van der Waals surface area contributed by atoms with Gasteiger partial charge in [0.15, 0.2) is 5.03 Å². The second-order valence-corrected chi connectivity index (χ2v) is 6.00. The third-order valence-corrected chi connectivity index (χ3v) is 4.49. The molecule has 1 aromatic carbocycles. The molecule has 0 saturated heterocycles. The monoisotopic (exact) mass is 263 g/mol. The van der Waals surface area contributed by atoms with Crippen molar-refractivity contribution in [3.63, 3.8) is 0 Å². The molecule has 0 fully saturated rings. The van der Waals surface area contributed by atoms with E-state index in [0.717, 1.165) is 18.7 Å². The molecule has 0 radical (unpaired) electrons. The topological polar surface area (TPSA) is 75.8 Å². The lowest BCUT2D eigenvalue weighted by Crippen LogP contribution is -2.25. The maximum absolute atomic E-state index is 11.4. The normalized spacial score (nSPS) is 20.6. The minimum absolute atomic E-state index is 0.119. The lowest BCUT2D eigenvalue weighted by atomic mass is 10.2. The van der Waals surface area contributed by atoms with E-state index in [0.29, 0.717) is 12.1 Å². The highest BCUT2D eigenvalue weighted by atomic mass is 32.2. The molecule has 3 rings (SSSR count). The number of rotatable bonds is 2. The van der Waals surface area contributed by atoms with Gasteiger partial charge in [0.1, 0.15) is 0 Å². The smallest absolute Gasteiger partial charge is 0.297 e. The molecule has 94 valence electrons. The Morgan fingerprint density at radius 1 is 1.33 bits per heavy atom. The van der Waals surface area contributed by atoms with Gasteiger partial charge >= 0.3 is 0 Å². The van der Waals surface area contributed by atoms with E-state index in [9.17, 15) is 8.42 Å². The van der Waals surface area contributed by atoms with Crippen LogP contribution in [-0.4, -0.2) is 27.7 Å². The molecule has 18 heavy (non-hydrogen) atoms. The van der Waals surface area contributed by atoms with Crippen molar-refractivity contribution in [2.24, 2.45) is 10.1 Å². The van der Waals surface area contributed by atoms with Gasteiger partial charge < -0.3 is 10.6 Å². The summed E-state index contributed by atoms with van der Waals surface area (Å²) in [5.41, 5.74) is 8.61. The number of nitrogens with two attached hydrogens (primary N) is 1. The molecule has 0 aromatic heterocycles. The minimum atomic E-state index is -3.59. The van der Waals surface area contributed by atoms with E-state index in [-0.39, 0.29) is 5.03 Å². The summed E-state index contributed by atoms with van der Waals surface area (Å²) < 4.78 is 26.2. The molecule has 1 aromatic rings. The van der Waals surface area contributed by atoms with E-state index in [1.807, 2.05) is 18.2 Å². The van der Waals surface area contributed by atoms with E-state index >= 15 is 0 Å². The van der Waals surface area contributed by atoms with Crippen LogP contribution in [0.25, 0.3) is 0 Å². The van der Waals surface area contributed by atoms with Crippen molar-refractivity contribution in [1.29, 1.82) is 0 Å². The summed E-state index contributed by atoms with van der Waals surface area (Å²) in [6.45, 7) is 1.37. The maximum atomic E-state index is 11.4. The van der Waals surface area contributed by atoms with Crippen LogP contribution in [0.3, 0.4) is 0 Å². The number of anilines is 1. The molecule has 5 nitrogen and oxygen atoms in total. The van der Waals surface area contributed by atoms with Gasteiger partial charge in [0.25, 0.3) is 10.0 Å². The minimum Gasteiger partial charge on any atom is -0.388 e. The molecule has 0 saturated carbocycles. The first-order chi connectivity index (χ1) is 8.58. The highest BCUT2D eigenvalue weighted by molar-refractivity contribution is 7.94. The fourth-order valence-corrected chi connectivity index (χ4v) is 3.14. The maximum Gasteiger partial charge on any atom is 0.297 e. The number of sulfonamides is 1. The Morgan fingerprint density at radius 2 is 2.11 bits per heavy atom. The third kappa shape index (κ3) is 1.69. The molecule has 0 bridgehead atoms. The zero-order valence-corrected chi connectivity index (χ0v) is 10.5. The molecule has 0 atom stereocenters. The van der Waals surface area contributed by atoms with Crippen LogP contribution >= 0.6 is 0 Å². The number of benzene rings is 1. The van der Waals surface area contributed by atoms with Gasteiger partial charge in [-0.25, -0.2) is 0 Å². The van der Waals surface area contributed by atoms with E-state index in [1.54, 1.807) is 0 Å². The molecular formula is C12H13N3O2S. The van der Waals surface area contributed by atoms with Gasteiger partial charge in [-0.05, 0) is 18.1 Å². The van der Waals surface area contributed by atoms with Crippen molar-refractivity contribution in [2.45, 2.75) is 6.42 Å². The van der Waals surface area contributed by atoms with Gasteiger partial charge in [0, 0.05) is 30.6 Å². The van der Waals surface area contributed by atoms with E-state index in [1.165, 1.54) is 11.8 Å². The zero-order valence-electron chi connectivity index (χ0n) is 9.70. The number of nitrogens with zero attached hydrogens (tertiary/aromatic N) is 2. The van der Waals surface area contributed by atoms with Crippen molar-refractivity contribution in [1.82, 2.24) is 0 Å². The first kappa shape index (κ1) is 11.3. The Morgan fingerprint density at radius 3 is 2.83 bits per heavy atom. The standard InChI is InChI=1S/C12H13N3O2S/c13-12-10(7-14-18(12,16)17)8-15-6-5-9-3-1-2-4-11(9)15/h1-4,7H,5-6,8,13H2. The predicted octanol–water partition coefficient (Wildman–Crippen LogP) is 0.634. The van der Waals surface area contributed by atoms with Gasteiger partial charge in [-0.1, -0.05) is 18.2 Å². The van der Waals surface area contributed by atoms with Gasteiger partial charge in [-0.2, -0.15) is 12.8 Å². The fourth-order valence-electron chi connectivity index (χ4n) is 2.31. The highest BCUT2D eigenvalue weighted by Gasteiger charge is 2.26. The molecule has 2 aliphatic rings. The largest absolute Gasteiger partial charge is 0.388 e. The summed E-state index contributed by atoms with van der Waals surface area (Å²) in [6, 6.07) is 8.12. The van der Waals surface area contributed by atoms with Crippen molar-refractivity contribution in [2.75, 3.05) is 18.0 Å². The predicted molar refractivity (Wildman–Crippen MR) is 71.0 cm³/mol. The van der Waals surface area contributed by atoms with Crippen LogP contribution < -0.4 is 10.6 Å². The molecule has 0 aliphatic carbocycles. The van der Waals surface area contributed by atoms with Crippen molar-refractivity contribution >= 4 is 21.9 Å². The van der Waals surface area contributed by atoms with E-state index in [2.05, 4.69) is 15.4 Å². The lowest BCUT2D eigenvalue weighted by molar-refractivity contribution is 0.604. The van der Waals surface area contributed by atoms with Crippen LogP contribution in [0.4, 0.5) is 5.69 Å². The van der Waals surface area contributed by atoms with E-state index in [4.69, 9.17) is 5.73 Å². The first-order valence-electron chi connectivity index (χ1n) is 5.70. The lowest BCUT2D eigenvalue weighted by Gasteiger charge is -2.19. The molecule has 2 N–H and O–H groups in total. The molecule has 2 aliphatic heterocycles. The van der Waals surface area contributed by atoms with Crippen LogP contribution in [0.1, 0.15) is 5.56 Å². The van der Waals surface area contributed by atoms with Crippen LogP contribution in [0, 0.1) is 0 Å². The number of hydrogen-bond donors (Lipinski definition) is 1. The zero-order chi connectivity index (χ0) is 12.8. The Kier molecular flexibility index (Phi) is 2.41. The van der Waals surface area contributed by atoms with Gasteiger partial charge in [0.05, 0.1) is 0 Å². The first-order valence-corrected chi connectivity index (χ1v) is 7.14. The molecule has 2 heterocycles. The summed E-state index contributed by atoms with van der Waals surface area (Å²) in [4.78, 5) is 2.13. The van der Waals surface area contributed by atoms with E-state index < -0.39 is 10.0 Å². The summed E-state index contributed by atoms with van der Waals surface area (Å²) in [5.74, 6) is 0. The Hall–Kier alpha value is -1.82. The van der Waals surface area contributed by atoms with Gasteiger partial charge in [-0.15, -0.1) is 0 Å². The summed E-state index contributed by atoms with van der Waals surface area (Å²) in [5, 5.41) is -0.119. The average Bonchev–Trinajstić information content (AvgIpc) is 2.87. The number of fused-ring (bicyclic) bond motifs is 1. The third-order valence-electron chi connectivity index (χ3n) is 3.29. The molecule has 0 amide bonds. The Balaban J connectivity index is 1.89. The molecule has 0 spiro atoms. The number of para-hydroxylation sites is 1. The highest BCUT2D eigenvalue weighted by Crippen LogP contribution is 2.28. The van der Waals surface area contributed by atoms with Crippen LogP contribution in [-0.2, 0) is 16.4 Å². The van der Waals surface area contributed by atoms with Crippen LogP contribution in [0.5, 0.6) is 0 Å². The quantitative estimate of drug-likeness (QED) is 0.849. The fraction of sp³-hybridized carbons (Fsp3) is 0.250. The van der Waals surface area contributed by atoms with Gasteiger partial charge in [0.2, 0.25) is 0 Å². The molecule has 0 unspecified atom stereocenters. The van der Waals surface area contributed by atoms with Crippen molar-refractivity contribution in [3.8, 4) is 0 Å². The van der Waals surface area contributed by atoms with Crippen LogP contribution in [0.2, 0.25) is 0 Å². The second kappa shape index (κ2) is 3.84. The van der Waals surface area contributed by atoms with Crippen LogP contribution in [0.15, 0.2) is 39.3 Å². The average molecular weight is 263 g/mol. The summed E-state index contributed by atoms with van der Waals surface area (Å²) in [7, 11) is -3.59. The molecule has 6 heteroatoms. The van der Waals surface area contributed by atoms with Crippen molar-refractivity contribution in [3.05, 3.63) is 40.4 Å². The summed E-state index contributed by atoms with van der Waals surface area (Å²) in [6.07, 6.45) is 2.33. The Bertz CT molecular complexity index is 662. The van der Waals surface area contributed by atoms with Gasteiger partial charge in [-0.3, -0.25) is 0 Å². The Labute approximate surface area is 106 Å².